The Kier molecular flexibility index (Phi) is 4.62. The third-order valence-electron chi connectivity index (χ3n) is 3.45. The molecule has 1 aromatic heterocycles. The summed E-state index contributed by atoms with van der Waals surface area (Å²) in [6, 6.07) is 0. The van der Waals surface area contributed by atoms with Gasteiger partial charge in [-0.3, -0.25) is 0 Å². The summed E-state index contributed by atoms with van der Waals surface area (Å²) in [6.07, 6.45) is 1.73. The van der Waals surface area contributed by atoms with Crippen molar-refractivity contribution < 1.29 is 13.2 Å². The van der Waals surface area contributed by atoms with Crippen LogP contribution in [0.5, 0.6) is 0 Å². The van der Waals surface area contributed by atoms with Crippen LogP contribution in [0.4, 0.5) is 0 Å². The number of thiophene rings is 1. The van der Waals surface area contributed by atoms with Crippen molar-refractivity contribution in [3.63, 3.8) is 0 Å². The second kappa shape index (κ2) is 5.88. The van der Waals surface area contributed by atoms with Crippen LogP contribution in [0.15, 0.2) is 10.3 Å². The summed E-state index contributed by atoms with van der Waals surface area (Å²) in [5, 5.41) is 1.85. The molecule has 5 nitrogen and oxygen atoms in total. The molecule has 0 spiro atoms. The second-order valence-electron chi connectivity index (χ2n) is 4.74. The molecule has 2 N–H and O–H groups in total. The summed E-state index contributed by atoms with van der Waals surface area (Å²) in [5.74, 6) is 0. The molecule has 1 atom stereocenters. The molecule has 1 aliphatic rings. The molecule has 0 bridgehead atoms. The molecule has 19 heavy (non-hydrogen) atoms. The molecule has 7 heteroatoms. The zero-order valence-corrected chi connectivity index (χ0v) is 12.9. The van der Waals surface area contributed by atoms with Crippen molar-refractivity contribution in [2.24, 2.45) is 5.73 Å². The third kappa shape index (κ3) is 2.85. The van der Waals surface area contributed by atoms with Crippen molar-refractivity contribution in [1.29, 1.82) is 0 Å². The molecular weight excluding hydrogens is 284 g/mol. The van der Waals surface area contributed by atoms with Crippen molar-refractivity contribution in [2.75, 3.05) is 20.2 Å². The molecule has 1 fully saturated rings. The predicted octanol–water partition coefficient (Wildman–Crippen LogP) is 1.31. The lowest BCUT2D eigenvalue weighted by molar-refractivity contribution is 0.0571. The fourth-order valence-electron chi connectivity index (χ4n) is 2.42. The Bertz CT molecular complexity index is 539. The average Bonchev–Trinajstić information content (AvgIpc) is 2.80. The number of hydrogen-bond acceptors (Lipinski definition) is 5. The van der Waals surface area contributed by atoms with Crippen molar-refractivity contribution in [3.8, 4) is 0 Å². The van der Waals surface area contributed by atoms with Gasteiger partial charge in [0, 0.05) is 31.6 Å². The van der Waals surface area contributed by atoms with Crippen molar-refractivity contribution >= 4 is 21.4 Å². The van der Waals surface area contributed by atoms with E-state index in [4.69, 9.17) is 10.5 Å². The van der Waals surface area contributed by atoms with E-state index in [0.29, 0.717) is 18.0 Å². The van der Waals surface area contributed by atoms with Gasteiger partial charge in [-0.2, -0.15) is 4.31 Å². The van der Waals surface area contributed by atoms with Crippen molar-refractivity contribution in [1.82, 2.24) is 4.31 Å². The maximum Gasteiger partial charge on any atom is 0.244 e. The van der Waals surface area contributed by atoms with E-state index >= 15 is 0 Å². The topological polar surface area (TPSA) is 72.6 Å². The lowest BCUT2D eigenvalue weighted by atomic mass is 10.1. The first kappa shape index (κ1) is 14.9. The van der Waals surface area contributed by atoms with E-state index in [9.17, 15) is 8.42 Å². The first-order chi connectivity index (χ1) is 9.00. The molecule has 0 saturated carbocycles. The molecule has 1 aromatic rings. The lowest BCUT2D eigenvalue weighted by Crippen LogP contribution is -2.43. The highest BCUT2D eigenvalue weighted by Crippen LogP contribution is 2.30. The van der Waals surface area contributed by atoms with Crippen LogP contribution in [-0.2, 0) is 21.3 Å². The van der Waals surface area contributed by atoms with Gasteiger partial charge in [-0.05, 0) is 30.7 Å². The fourth-order valence-corrected chi connectivity index (χ4v) is 5.58. The largest absolute Gasteiger partial charge is 0.380 e. The number of aryl methyl sites for hydroxylation is 1. The van der Waals surface area contributed by atoms with Gasteiger partial charge in [-0.15, -0.1) is 11.3 Å². The van der Waals surface area contributed by atoms with Crippen LogP contribution in [0.2, 0.25) is 0 Å². The van der Waals surface area contributed by atoms with Crippen LogP contribution in [0.3, 0.4) is 0 Å². The number of ether oxygens (including phenoxy) is 1. The maximum atomic E-state index is 12.7. The average molecular weight is 304 g/mol. The van der Waals surface area contributed by atoms with E-state index in [1.165, 1.54) is 15.6 Å². The molecule has 2 heterocycles. The molecule has 1 aliphatic heterocycles. The minimum Gasteiger partial charge on any atom is -0.380 e. The van der Waals surface area contributed by atoms with Crippen LogP contribution in [0, 0.1) is 6.92 Å². The normalized spacial score (nSPS) is 21.7. The zero-order chi connectivity index (χ0) is 14.0. The molecule has 2 rings (SSSR count). The van der Waals surface area contributed by atoms with E-state index in [0.717, 1.165) is 23.3 Å². The van der Waals surface area contributed by atoms with E-state index in [1.807, 2.05) is 12.3 Å². The van der Waals surface area contributed by atoms with Crippen LogP contribution < -0.4 is 5.73 Å². The summed E-state index contributed by atoms with van der Waals surface area (Å²) >= 11 is 1.41. The number of hydrogen-bond donors (Lipinski definition) is 1. The predicted molar refractivity (Wildman–Crippen MR) is 75.7 cm³/mol. The molecule has 1 saturated heterocycles. The summed E-state index contributed by atoms with van der Waals surface area (Å²) in [7, 11) is -1.82. The minimum atomic E-state index is -3.45. The third-order valence-corrected chi connectivity index (χ3v) is 6.80. The fraction of sp³-hybridized carbons (Fsp3) is 0.667. The van der Waals surface area contributed by atoms with Crippen molar-refractivity contribution in [3.05, 3.63) is 15.8 Å². The molecular formula is C12H20N2O3S2. The monoisotopic (exact) mass is 304 g/mol. The minimum absolute atomic E-state index is 0.0104. The first-order valence-corrected chi connectivity index (χ1v) is 8.62. The summed E-state index contributed by atoms with van der Waals surface area (Å²) in [5.41, 5.74) is 6.43. The number of nitrogens with two attached hydrogens (primary N) is 1. The Morgan fingerprint density at radius 2 is 2.32 bits per heavy atom. The summed E-state index contributed by atoms with van der Waals surface area (Å²) in [6.45, 7) is 3.06. The summed E-state index contributed by atoms with van der Waals surface area (Å²) < 4.78 is 32.3. The van der Waals surface area contributed by atoms with Crippen LogP contribution in [0.1, 0.15) is 23.3 Å². The van der Waals surface area contributed by atoms with Gasteiger partial charge < -0.3 is 10.5 Å². The maximum absolute atomic E-state index is 12.7. The SMILES string of the molecule is COC1CCCN(S(=O)(=O)c2c(C)csc2CN)C1. The van der Waals surface area contributed by atoms with Gasteiger partial charge in [0.15, 0.2) is 0 Å². The number of rotatable bonds is 4. The van der Waals surface area contributed by atoms with Gasteiger partial charge in [-0.1, -0.05) is 0 Å². The Morgan fingerprint density at radius 3 is 2.95 bits per heavy atom. The quantitative estimate of drug-likeness (QED) is 0.910. The van der Waals surface area contributed by atoms with Gasteiger partial charge in [0.25, 0.3) is 0 Å². The van der Waals surface area contributed by atoms with E-state index in [1.54, 1.807) is 7.11 Å². The smallest absolute Gasteiger partial charge is 0.244 e. The lowest BCUT2D eigenvalue weighted by Gasteiger charge is -2.31. The number of methoxy groups -OCH3 is 1. The van der Waals surface area contributed by atoms with Gasteiger partial charge in [0.2, 0.25) is 10.0 Å². The van der Waals surface area contributed by atoms with E-state index in [2.05, 4.69) is 0 Å². The Morgan fingerprint density at radius 1 is 1.58 bits per heavy atom. The van der Waals surface area contributed by atoms with Gasteiger partial charge >= 0.3 is 0 Å². The molecule has 0 radical (unpaired) electrons. The zero-order valence-electron chi connectivity index (χ0n) is 11.3. The highest BCUT2D eigenvalue weighted by atomic mass is 32.2. The molecule has 0 aliphatic carbocycles. The Hall–Kier alpha value is -0.470. The van der Waals surface area contributed by atoms with Crippen LogP contribution in [0.25, 0.3) is 0 Å². The molecule has 0 aromatic carbocycles. The van der Waals surface area contributed by atoms with Crippen molar-refractivity contribution in [2.45, 2.75) is 37.3 Å². The van der Waals surface area contributed by atoms with Gasteiger partial charge in [0.05, 0.1) is 6.10 Å². The van der Waals surface area contributed by atoms with E-state index < -0.39 is 10.0 Å². The Balaban J connectivity index is 2.34. The van der Waals surface area contributed by atoms with E-state index in [-0.39, 0.29) is 12.6 Å². The highest BCUT2D eigenvalue weighted by molar-refractivity contribution is 7.89. The number of nitrogens with zero attached hydrogens (tertiary/aromatic N) is 1. The molecule has 1 unspecified atom stereocenters. The van der Waals surface area contributed by atoms with Gasteiger partial charge in [-0.25, -0.2) is 8.42 Å². The number of piperidine rings is 1. The summed E-state index contributed by atoms with van der Waals surface area (Å²) in [4.78, 5) is 1.13. The molecule has 108 valence electrons. The van der Waals surface area contributed by atoms with Gasteiger partial charge in [0.1, 0.15) is 4.90 Å². The number of sulfonamides is 1. The van der Waals surface area contributed by atoms with Crippen LogP contribution in [-0.4, -0.2) is 39.0 Å². The standard InChI is InChI=1S/C12H20N2O3S2/c1-9-8-18-11(6-13)12(9)19(15,16)14-5-3-4-10(7-14)17-2/h8,10H,3-7,13H2,1-2H3. The van der Waals surface area contributed by atoms with Crippen LogP contribution >= 0.6 is 11.3 Å². The molecule has 0 amide bonds. The second-order valence-corrected chi connectivity index (χ2v) is 7.58. The Labute approximate surface area is 118 Å². The first-order valence-electron chi connectivity index (χ1n) is 6.30. The highest BCUT2D eigenvalue weighted by Gasteiger charge is 2.33.